The number of anilines is 2. The zero-order valence-corrected chi connectivity index (χ0v) is 17.9. The van der Waals surface area contributed by atoms with Gasteiger partial charge in [-0.2, -0.15) is 0 Å². The van der Waals surface area contributed by atoms with Crippen molar-refractivity contribution in [3.63, 3.8) is 0 Å². The second kappa shape index (κ2) is 8.14. The minimum atomic E-state index is -0.731. The molecular weight excluding hydrogens is 370 g/mol. The summed E-state index contributed by atoms with van der Waals surface area (Å²) >= 11 is 0. The Kier molecular flexibility index (Phi) is 5.98. The van der Waals surface area contributed by atoms with E-state index in [1.54, 1.807) is 6.92 Å². The normalized spacial score (nSPS) is 27.7. The second-order valence-electron chi connectivity index (χ2n) is 8.79. The largest absolute Gasteiger partial charge is 0.372 e. The van der Waals surface area contributed by atoms with Crippen molar-refractivity contribution in [3.05, 3.63) is 24.3 Å². The van der Waals surface area contributed by atoms with Crippen molar-refractivity contribution < 1.29 is 19.1 Å². The summed E-state index contributed by atoms with van der Waals surface area (Å²) < 4.78 is 5.77. The van der Waals surface area contributed by atoms with Gasteiger partial charge in [0.2, 0.25) is 17.7 Å². The number of nitrogens with zero attached hydrogens (tertiary/aromatic N) is 2. The van der Waals surface area contributed by atoms with Gasteiger partial charge in [0.05, 0.1) is 17.6 Å². The number of carbonyl (C=O) groups is 3. The molecule has 0 spiro atoms. The van der Waals surface area contributed by atoms with Crippen LogP contribution in [0.2, 0.25) is 0 Å². The van der Waals surface area contributed by atoms with Crippen LogP contribution in [0.25, 0.3) is 0 Å². The summed E-state index contributed by atoms with van der Waals surface area (Å²) in [6.45, 7) is 11.2. The van der Waals surface area contributed by atoms with Gasteiger partial charge in [0, 0.05) is 30.9 Å². The van der Waals surface area contributed by atoms with Crippen molar-refractivity contribution in [1.29, 1.82) is 0 Å². The van der Waals surface area contributed by atoms with E-state index in [0.29, 0.717) is 5.69 Å². The molecule has 1 N–H and O–H groups in total. The van der Waals surface area contributed by atoms with Crippen LogP contribution in [0.5, 0.6) is 0 Å². The third kappa shape index (κ3) is 4.45. The maximum atomic E-state index is 12.6. The van der Waals surface area contributed by atoms with Crippen LogP contribution in [0.4, 0.5) is 11.4 Å². The Balaban J connectivity index is 1.60. The van der Waals surface area contributed by atoms with Gasteiger partial charge in [-0.25, -0.2) is 0 Å². The van der Waals surface area contributed by atoms with Gasteiger partial charge in [-0.1, -0.05) is 13.8 Å². The number of morpholine rings is 1. The van der Waals surface area contributed by atoms with E-state index in [1.165, 1.54) is 0 Å². The molecular formula is C22H31N3O4. The number of benzene rings is 1. The third-order valence-electron chi connectivity index (χ3n) is 6.07. The predicted molar refractivity (Wildman–Crippen MR) is 112 cm³/mol. The number of carbonyl (C=O) groups excluding carboxylic acids is 3. The monoisotopic (exact) mass is 401 g/mol. The summed E-state index contributed by atoms with van der Waals surface area (Å²) in [5.74, 6) is -0.892. The standard InChI is InChI=1S/C22H31N3O4/c1-14(2)22(5)10-20(27)25(21(22)28)13-19(26)23-17-6-8-18(9-7-17)24-11-15(3)29-16(4)12-24/h6-9,14-16H,10-13H2,1-5H3,(H,23,26)/t15-,16+,22-/m0/s1. The highest BCUT2D eigenvalue weighted by molar-refractivity contribution is 6.09. The second-order valence-corrected chi connectivity index (χ2v) is 8.79. The van der Waals surface area contributed by atoms with Crippen LogP contribution in [0.15, 0.2) is 24.3 Å². The molecule has 0 bridgehead atoms. The fraction of sp³-hybridized carbons (Fsp3) is 0.591. The van der Waals surface area contributed by atoms with Crippen molar-refractivity contribution in [1.82, 2.24) is 4.90 Å². The highest BCUT2D eigenvalue weighted by Crippen LogP contribution is 2.39. The van der Waals surface area contributed by atoms with Gasteiger partial charge in [0.25, 0.3) is 0 Å². The number of amides is 3. The molecule has 7 heteroatoms. The van der Waals surface area contributed by atoms with Gasteiger partial charge >= 0.3 is 0 Å². The van der Waals surface area contributed by atoms with Gasteiger partial charge in [-0.15, -0.1) is 0 Å². The molecule has 158 valence electrons. The zero-order valence-electron chi connectivity index (χ0n) is 17.9. The van der Waals surface area contributed by atoms with Crippen molar-refractivity contribution in [3.8, 4) is 0 Å². The molecule has 2 heterocycles. The Morgan fingerprint density at radius 3 is 2.28 bits per heavy atom. The van der Waals surface area contributed by atoms with E-state index in [2.05, 4.69) is 24.1 Å². The molecule has 3 atom stereocenters. The lowest BCUT2D eigenvalue weighted by Crippen LogP contribution is -2.45. The van der Waals surface area contributed by atoms with Crippen LogP contribution in [0.1, 0.15) is 41.0 Å². The molecule has 0 aromatic heterocycles. The Hall–Kier alpha value is -2.41. The van der Waals surface area contributed by atoms with E-state index >= 15 is 0 Å². The predicted octanol–water partition coefficient (Wildman–Crippen LogP) is 2.66. The van der Waals surface area contributed by atoms with Crippen molar-refractivity contribution >= 4 is 29.1 Å². The van der Waals surface area contributed by atoms with E-state index < -0.39 is 5.41 Å². The topological polar surface area (TPSA) is 79.0 Å². The fourth-order valence-electron chi connectivity index (χ4n) is 4.01. The molecule has 2 saturated heterocycles. The minimum Gasteiger partial charge on any atom is -0.372 e. The number of nitrogens with one attached hydrogen (secondary N) is 1. The van der Waals surface area contributed by atoms with Gasteiger partial charge in [-0.05, 0) is 51.0 Å². The van der Waals surface area contributed by atoms with Gasteiger partial charge in [0.15, 0.2) is 0 Å². The molecule has 29 heavy (non-hydrogen) atoms. The van der Waals surface area contributed by atoms with Crippen molar-refractivity contribution in [2.45, 2.75) is 53.2 Å². The maximum absolute atomic E-state index is 12.6. The van der Waals surface area contributed by atoms with Crippen molar-refractivity contribution in [2.75, 3.05) is 29.9 Å². The van der Waals surface area contributed by atoms with Crippen molar-refractivity contribution in [2.24, 2.45) is 11.3 Å². The lowest BCUT2D eigenvalue weighted by Gasteiger charge is -2.36. The van der Waals surface area contributed by atoms with E-state index in [0.717, 1.165) is 23.7 Å². The fourth-order valence-corrected chi connectivity index (χ4v) is 4.01. The summed E-state index contributed by atoms with van der Waals surface area (Å²) in [5, 5.41) is 2.79. The Morgan fingerprint density at radius 1 is 1.17 bits per heavy atom. The molecule has 0 aliphatic carbocycles. The van der Waals surface area contributed by atoms with Crippen LogP contribution in [0.3, 0.4) is 0 Å². The van der Waals surface area contributed by atoms with Crippen LogP contribution in [0, 0.1) is 11.3 Å². The number of rotatable bonds is 5. The smallest absolute Gasteiger partial charge is 0.244 e. The van der Waals surface area contributed by atoms with E-state index in [9.17, 15) is 14.4 Å². The van der Waals surface area contributed by atoms with E-state index in [4.69, 9.17) is 4.74 Å². The molecule has 0 unspecified atom stereocenters. The highest BCUT2D eigenvalue weighted by Gasteiger charge is 2.50. The number of likely N-dealkylation sites (tertiary alicyclic amines) is 1. The molecule has 3 rings (SSSR count). The maximum Gasteiger partial charge on any atom is 0.244 e. The molecule has 0 radical (unpaired) electrons. The minimum absolute atomic E-state index is 0.0326. The molecule has 2 fully saturated rings. The summed E-state index contributed by atoms with van der Waals surface area (Å²) in [4.78, 5) is 40.7. The molecule has 0 saturated carbocycles. The van der Waals surface area contributed by atoms with E-state index in [1.807, 2.05) is 38.1 Å². The van der Waals surface area contributed by atoms with Crippen LogP contribution < -0.4 is 10.2 Å². The molecule has 7 nitrogen and oxygen atoms in total. The average molecular weight is 402 g/mol. The first kappa shape index (κ1) is 21.3. The number of imide groups is 1. The molecule has 1 aromatic carbocycles. The zero-order chi connectivity index (χ0) is 21.3. The van der Waals surface area contributed by atoms with Crippen LogP contribution >= 0.6 is 0 Å². The first-order chi connectivity index (χ1) is 13.6. The number of hydrogen-bond donors (Lipinski definition) is 1. The lowest BCUT2D eigenvalue weighted by atomic mass is 9.78. The Morgan fingerprint density at radius 2 is 1.76 bits per heavy atom. The summed E-state index contributed by atoms with van der Waals surface area (Å²) in [6.07, 6.45) is 0.498. The molecule has 1 aromatic rings. The molecule has 3 amide bonds. The summed E-state index contributed by atoms with van der Waals surface area (Å²) in [7, 11) is 0. The first-order valence-corrected chi connectivity index (χ1v) is 10.2. The Bertz CT molecular complexity index is 782. The molecule has 2 aliphatic heterocycles. The highest BCUT2D eigenvalue weighted by atomic mass is 16.5. The SMILES string of the molecule is CC(C)[C@]1(C)CC(=O)N(CC(=O)Nc2ccc(N3C[C@@H](C)O[C@@H](C)C3)cc2)C1=O. The summed E-state index contributed by atoms with van der Waals surface area (Å²) in [6, 6.07) is 7.60. The summed E-state index contributed by atoms with van der Waals surface area (Å²) in [5.41, 5.74) is 0.979. The quantitative estimate of drug-likeness (QED) is 0.768. The number of ether oxygens (including phenoxy) is 1. The average Bonchev–Trinajstić information content (AvgIpc) is 2.86. The third-order valence-corrected chi connectivity index (χ3v) is 6.07. The van der Waals surface area contributed by atoms with Crippen LogP contribution in [-0.4, -0.2) is 54.5 Å². The van der Waals surface area contributed by atoms with Crippen LogP contribution in [-0.2, 0) is 19.1 Å². The van der Waals surface area contributed by atoms with E-state index in [-0.39, 0.29) is 48.8 Å². The van der Waals surface area contributed by atoms with Gasteiger partial charge in [0.1, 0.15) is 6.54 Å². The lowest BCUT2D eigenvalue weighted by molar-refractivity contribution is -0.144. The molecule has 2 aliphatic rings. The Labute approximate surface area is 172 Å². The van der Waals surface area contributed by atoms with Gasteiger partial charge < -0.3 is 15.0 Å². The number of hydrogen-bond acceptors (Lipinski definition) is 5. The first-order valence-electron chi connectivity index (χ1n) is 10.2. The van der Waals surface area contributed by atoms with Gasteiger partial charge in [-0.3, -0.25) is 19.3 Å².